The average molecular weight is 204 g/mol. The summed E-state index contributed by atoms with van der Waals surface area (Å²) in [6.07, 6.45) is 5.64. The Hall–Kier alpha value is -0.0500. The van der Waals surface area contributed by atoms with E-state index in [0.717, 1.165) is 19.3 Å². The first kappa shape index (κ1) is 11.0. The normalized spacial score (nSPS) is 30.8. The summed E-state index contributed by atoms with van der Waals surface area (Å²) in [5.41, 5.74) is 0. The van der Waals surface area contributed by atoms with Crippen molar-refractivity contribution in [3.63, 3.8) is 0 Å². The van der Waals surface area contributed by atoms with Crippen molar-refractivity contribution in [2.75, 3.05) is 6.26 Å². The van der Waals surface area contributed by atoms with Crippen LogP contribution in [0.4, 0.5) is 0 Å². The van der Waals surface area contributed by atoms with Gasteiger partial charge < -0.3 is 0 Å². The van der Waals surface area contributed by atoms with E-state index in [2.05, 4.69) is 13.8 Å². The molecule has 0 radical (unpaired) electrons. The molecule has 1 fully saturated rings. The lowest BCUT2D eigenvalue weighted by Crippen LogP contribution is -2.35. The predicted octanol–water partition coefficient (Wildman–Crippen LogP) is 2.25. The van der Waals surface area contributed by atoms with Crippen LogP contribution in [0.2, 0.25) is 0 Å². The molecule has 0 heterocycles. The molecule has 3 heteroatoms. The van der Waals surface area contributed by atoms with Gasteiger partial charge in [0.2, 0.25) is 0 Å². The molecule has 0 N–H and O–H groups in total. The van der Waals surface area contributed by atoms with E-state index in [9.17, 15) is 8.42 Å². The fourth-order valence-electron chi connectivity index (χ4n) is 2.42. The molecule has 0 spiro atoms. The van der Waals surface area contributed by atoms with Gasteiger partial charge in [-0.1, -0.05) is 26.7 Å². The fourth-order valence-corrected chi connectivity index (χ4v) is 4.10. The highest BCUT2D eigenvalue weighted by atomic mass is 32.2. The van der Waals surface area contributed by atoms with Crippen LogP contribution in [-0.4, -0.2) is 19.9 Å². The van der Waals surface area contributed by atoms with E-state index in [0.29, 0.717) is 11.8 Å². The molecule has 0 bridgehead atoms. The molecule has 13 heavy (non-hydrogen) atoms. The first-order valence-corrected chi connectivity index (χ1v) is 7.07. The van der Waals surface area contributed by atoms with E-state index in [1.807, 2.05) is 0 Å². The van der Waals surface area contributed by atoms with Gasteiger partial charge in [-0.3, -0.25) is 0 Å². The summed E-state index contributed by atoms with van der Waals surface area (Å²) in [5.74, 6) is 0.892. The minimum absolute atomic E-state index is 0.0683. The molecule has 2 atom stereocenters. The van der Waals surface area contributed by atoms with E-state index in [4.69, 9.17) is 0 Å². The van der Waals surface area contributed by atoms with Gasteiger partial charge in [-0.2, -0.15) is 0 Å². The summed E-state index contributed by atoms with van der Waals surface area (Å²) in [6.45, 7) is 4.27. The molecule has 1 saturated carbocycles. The number of sulfone groups is 1. The maximum Gasteiger partial charge on any atom is 0.150 e. The molecule has 1 aliphatic rings. The molecule has 0 saturated heterocycles. The van der Waals surface area contributed by atoms with Gasteiger partial charge in [0, 0.05) is 6.26 Å². The van der Waals surface area contributed by atoms with E-state index in [1.54, 1.807) is 0 Å². The van der Waals surface area contributed by atoms with E-state index < -0.39 is 9.84 Å². The molecule has 0 aromatic heterocycles. The highest BCUT2D eigenvalue weighted by Gasteiger charge is 2.34. The molecule has 1 aliphatic carbocycles. The van der Waals surface area contributed by atoms with Gasteiger partial charge in [-0.25, -0.2) is 8.42 Å². The Labute approximate surface area is 81.6 Å². The molecule has 78 valence electrons. The quantitative estimate of drug-likeness (QED) is 0.691. The Morgan fingerprint density at radius 2 is 1.69 bits per heavy atom. The topological polar surface area (TPSA) is 34.1 Å². The lowest BCUT2D eigenvalue weighted by molar-refractivity contribution is 0.281. The van der Waals surface area contributed by atoms with Crippen LogP contribution in [-0.2, 0) is 9.84 Å². The van der Waals surface area contributed by atoms with Crippen molar-refractivity contribution in [1.82, 2.24) is 0 Å². The van der Waals surface area contributed by atoms with Crippen LogP contribution in [0, 0.1) is 11.8 Å². The molecular weight excluding hydrogens is 184 g/mol. The molecule has 0 aliphatic heterocycles. The van der Waals surface area contributed by atoms with Crippen LogP contribution < -0.4 is 0 Å². The average Bonchev–Trinajstić information content (AvgIpc) is 2.03. The van der Waals surface area contributed by atoms with Crippen LogP contribution in [0.3, 0.4) is 0 Å². The third kappa shape index (κ3) is 2.70. The van der Waals surface area contributed by atoms with Crippen LogP contribution in [0.1, 0.15) is 39.5 Å². The summed E-state index contributed by atoms with van der Waals surface area (Å²) in [5, 5.41) is -0.0683. The summed E-state index contributed by atoms with van der Waals surface area (Å²) in [7, 11) is -2.82. The lowest BCUT2D eigenvalue weighted by Gasteiger charge is -2.32. The monoisotopic (exact) mass is 204 g/mol. The summed E-state index contributed by atoms with van der Waals surface area (Å²) in [6, 6.07) is 0. The van der Waals surface area contributed by atoms with Gasteiger partial charge in [-0.05, 0) is 24.7 Å². The second-order valence-corrected chi connectivity index (χ2v) is 6.82. The van der Waals surface area contributed by atoms with E-state index in [1.165, 1.54) is 12.7 Å². The van der Waals surface area contributed by atoms with E-state index >= 15 is 0 Å². The second-order valence-electron chi connectivity index (χ2n) is 4.56. The smallest absolute Gasteiger partial charge is 0.150 e. The van der Waals surface area contributed by atoms with Crippen molar-refractivity contribution < 1.29 is 8.42 Å². The number of hydrogen-bond donors (Lipinski definition) is 0. The molecule has 0 amide bonds. The number of hydrogen-bond acceptors (Lipinski definition) is 2. The first-order chi connectivity index (χ1) is 5.93. The van der Waals surface area contributed by atoms with Gasteiger partial charge in [0.1, 0.15) is 0 Å². The summed E-state index contributed by atoms with van der Waals surface area (Å²) in [4.78, 5) is 0. The molecule has 2 nitrogen and oxygen atoms in total. The molecule has 0 aromatic carbocycles. The van der Waals surface area contributed by atoms with Crippen molar-refractivity contribution in [3.05, 3.63) is 0 Å². The van der Waals surface area contributed by atoms with Gasteiger partial charge >= 0.3 is 0 Å². The van der Waals surface area contributed by atoms with E-state index in [-0.39, 0.29) is 5.25 Å². The zero-order chi connectivity index (χ0) is 10.1. The zero-order valence-corrected chi connectivity index (χ0v) is 9.60. The van der Waals surface area contributed by atoms with Gasteiger partial charge in [0.05, 0.1) is 5.25 Å². The van der Waals surface area contributed by atoms with Gasteiger partial charge in [0.25, 0.3) is 0 Å². The Morgan fingerprint density at radius 3 is 2.08 bits per heavy atom. The minimum atomic E-state index is -2.82. The van der Waals surface area contributed by atoms with Crippen molar-refractivity contribution in [3.8, 4) is 0 Å². The van der Waals surface area contributed by atoms with Crippen molar-refractivity contribution >= 4 is 9.84 Å². The highest BCUT2D eigenvalue weighted by molar-refractivity contribution is 7.91. The van der Waals surface area contributed by atoms with Crippen molar-refractivity contribution in [2.45, 2.75) is 44.8 Å². The Morgan fingerprint density at radius 1 is 1.15 bits per heavy atom. The maximum atomic E-state index is 11.5. The van der Waals surface area contributed by atoms with Crippen molar-refractivity contribution in [2.24, 2.45) is 11.8 Å². The van der Waals surface area contributed by atoms with Crippen LogP contribution in [0.25, 0.3) is 0 Å². The largest absolute Gasteiger partial charge is 0.229 e. The van der Waals surface area contributed by atoms with Crippen molar-refractivity contribution in [1.29, 1.82) is 0 Å². The summed E-state index contributed by atoms with van der Waals surface area (Å²) >= 11 is 0. The zero-order valence-electron chi connectivity index (χ0n) is 8.79. The van der Waals surface area contributed by atoms with Gasteiger partial charge in [0.15, 0.2) is 9.84 Å². The number of rotatable bonds is 2. The Bertz CT molecular complexity index is 254. The fraction of sp³-hybridized carbons (Fsp3) is 1.00. The van der Waals surface area contributed by atoms with Crippen LogP contribution in [0.5, 0.6) is 0 Å². The predicted molar refractivity (Wildman–Crippen MR) is 55.4 cm³/mol. The van der Waals surface area contributed by atoms with Crippen LogP contribution >= 0.6 is 0 Å². The summed E-state index contributed by atoms with van der Waals surface area (Å²) < 4.78 is 23.0. The third-order valence-corrected chi connectivity index (χ3v) is 4.85. The SMILES string of the molecule is CC(C)C1CCCCC1S(C)(=O)=O. The highest BCUT2D eigenvalue weighted by Crippen LogP contribution is 2.33. The minimum Gasteiger partial charge on any atom is -0.229 e. The van der Waals surface area contributed by atoms with Crippen LogP contribution in [0.15, 0.2) is 0 Å². The molecule has 0 aromatic rings. The second kappa shape index (κ2) is 3.99. The van der Waals surface area contributed by atoms with Gasteiger partial charge in [-0.15, -0.1) is 0 Å². The standard InChI is InChI=1S/C10H20O2S/c1-8(2)9-6-4-5-7-10(9)13(3,11)12/h8-10H,4-7H2,1-3H3. The maximum absolute atomic E-state index is 11.5. The lowest BCUT2D eigenvalue weighted by atomic mass is 9.81. The molecular formula is C10H20O2S. The Balaban J connectivity index is 2.80. The molecule has 2 unspecified atom stereocenters. The first-order valence-electron chi connectivity index (χ1n) is 5.12. The third-order valence-electron chi connectivity index (χ3n) is 3.16. The Kier molecular flexibility index (Phi) is 3.38. The molecule has 1 rings (SSSR count).